The number of fused-ring (bicyclic) bond motifs is 10. The average molecular weight is 521 g/mol. The molecule has 4 aromatic carbocycles. The van der Waals surface area contributed by atoms with Crippen molar-refractivity contribution in [3.05, 3.63) is 161 Å². The highest BCUT2D eigenvalue weighted by molar-refractivity contribution is 5.96. The van der Waals surface area contributed by atoms with Crippen molar-refractivity contribution in [2.24, 2.45) is 0 Å². The molecular formula is C37H20N4. The third kappa shape index (κ3) is 3.13. The zero-order chi connectivity index (χ0) is 27.6. The molecule has 0 bridgehead atoms. The van der Waals surface area contributed by atoms with Gasteiger partial charge in [0.25, 0.3) is 5.82 Å². The zero-order valence-electron chi connectivity index (χ0n) is 21.8. The maximum Gasteiger partial charge on any atom is 0.270 e. The molecule has 0 aliphatic heterocycles. The number of rotatable bonds is 2. The summed E-state index contributed by atoms with van der Waals surface area (Å²) in [5, 5.41) is 9.49. The van der Waals surface area contributed by atoms with Crippen molar-refractivity contribution >= 4 is 5.82 Å². The third-order valence-corrected chi connectivity index (χ3v) is 8.49. The first kappa shape index (κ1) is 23.1. The summed E-state index contributed by atoms with van der Waals surface area (Å²) in [6, 6.07) is 40.6. The van der Waals surface area contributed by atoms with E-state index in [2.05, 4.69) is 106 Å². The summed E-state index contributed by atoms with van der Waals surface area (Å²) in [4.78, 5) is 11.9. The molecule has 0 saturated carbocycles. The van der Waals surface area contributed by atoms with Gasteiger partial charge in [-0.25, -0.2) is 4.98 Å². The Labute approximate surface area is 237 Å². The lowest BCUT2D eigenvalue weighted by atomic mass is 9.70. The van der Waals surface area contributed by atoms with E-state index in [1.54, 1.807) is 12.4 Å². The van der Waals surface area contributed by atoms with E-state index in [-0.39, 0.29) is 0 Å². The number of nitriles is 1. The normalized spacial score (nSPS) is 13.0. The van der Waals surface area contributed by atoms with Gasteiger partial charge in [-0.05, 0) is 103 Å². The summed E-state index contributed by atoms with van der Waals surface area (Å²) in [6.45, 7) is 7.46. The van der Waals surface area contributed by atoms with Crippen LogP contribution in [0.1, 0.15) is 27.9 Å². The summed E-state index contributed by atoms with van der Waals surface area (Å²) in [5.41, 5.74) is 13.8. The van der Waals surface area contributed by atoms with Crippen molar-refractivity contribution in [1.82, 2.24) is 9.97 Å². The van der Waals surface area contributed by atoms with Crippen molar-refractivity contribution < 1.29 is 0 Å². The molecule has 6 aromatic rings. The Hall–Kier alpha value is -5.84. The van der Waals surface area contributed by atoms with Gasteiger partial charge in [-0.1, -0.05) is 79.4 Å². The van der Waals surface area contributed by atoms with E-state index in [4.69, 9.17) is 6.57 Å². The molecule has 8 rings (SSSR count). The van der Waals surface area contributed by atoms with Crippen LogP contribution < -0.4 is 0 Å². The molecule has 2 heterocycles. The van der Waals surface area contributed by atoms with Crippen LogP contribution in [0.3, 0.4) is 0 Å². The highest BCUT2D eigenvalue weighted by Gasteiger charge is 2.51. The molecule has 0 N–H and O–H groups in total. The third-order valence-electron chi connectivity index (χ3n) is 8.49. The van der Waals surface area contributed by atoms with Crippen LogP contribution in [0, 0.1) is 17.9 Å². The maximum atomic E-state index is 9.49. The van der Waals surface area contributed by atoms with E-state index in [0.717, 1.165) is 22.3 Å². The van der Waals surface area contributed by atoms with E-state index >= 15 is 0 Å². The number of hydrogen-bond donors (Lipinski definition) is 0. The van der Waals surface area contributed by atoms with Crippen molar-refractivity contribution in [3.8, 4) is 50.6 Å². The molecule has 188 valence electrons. The van der Waals surface area contributed by atoms with E-state index in [1.807, 2.05) is 24.3 Å². The molecule has 4 heteroatoms. The first-order valence-electron chi connectivity index (χ1n) is 13.4. The Balaban J connectivity index is 1.46. The molecular weight excluding hydrogens is 500 g/mol. The lowest BCUT2D eigenvalue weighted by Gasteiger charge is -2.31. The van der Waals surface area contributed by atoms with Gasteiger partial charge in [0.1, 0.15) is 18.0 Å². The lowest BCUT2D eigenvalue weighted by Crippen LogP contribution is -2.26. The molecule has 0 saturated heterocycles. The lowest BCUT2D eigenvalue weighted by molar-refractivity contribution is 0.794. The largest absolute Gasteiger partial charge is 0.361 e. The van der Waals surface area contributed by atoms with Gasteiger partial charge in [0.2, 0.25) is 0 Å². The molecule has 41 heavy (non-hydrogen) atoms. The summed E-state index contributed by atoms with van der Waals surface area (Å²) in [5.74, 6) is 0.385. The minimum Gasteiger partial charge on any atom is -0.361 e. The fraction of sp³-hybridized carbons (Fsp3) is 0.0270. The van der Waals surface area contributed by atoms with Crippen LogP contribution in [0.4, 0.5) is 5.82 Å². The average Bonchev–Trinajstić information content (AvgIpc) is 3.51. The molecule has 2 aliphatic rings. The van der Waals surface area contributed by atoms with Crippen molar-refractivity contribution in [2.75, 3.05) is 0 Å². The molecule has 0 atom stereocenters. The van der Waals surface area contributed by atoms with E-state index < -0.39 is 5.41 Å². The first-order chi connectivity index (χ1) is 20.2. The van der Waals surface area contributed by atoms with Gasteiger partial charge in [0.15, 0.2) is 0 Å². The van der Waals surface area contributed by atoms with Crippen molar-refractivity contribution in [2.45, 2.75) is 5.41 Å². The van der Waals surface area contributed by atoms with Gasteiger partial charge in [-0.15, -0.1) is 4.98 Å². The zero-order valence-corrected chi connectivity index (χ0v) is 21.8. The molecule has 1 spiro atoms. The number of pyridine rings is 2. The Morgan fingerprint density at radius 1 is 0.561 bits per heavy atom. The van der Waals surface area contributed by atoms with E-state index in [0.29, 0.717) is 11.5 Å². The fourth-order valence-corrected chi connectivity index (χ4v) is 6.83. The number of benzene rings is 4. The Kier molecular flexibility index (Phi) is 4.83. The molecule has 0 radical (unpaired) electrons. The van der Waals surface area contributed by atoms with E-state index in [9.17, 15) is 5.26 Å². The molecule has 2 aliphatic carbocycles. The summed E-state index contributed by atoms with van der Waals surface area (Å²) in [7, 11) is 0. The van der Waals surface area contributed by atoms with Crippen LogP contribution in [0.5, 0.6) is 0 Å². The predicted octanol–water partition coefficient (Wildman–Crippen LogP) is 8.58. The predicted molar refractivity (Wildman–Crippen MR) is 160 cm³/mol. The molecule has 0 amide bonds. The quantitative estimate of drug-likeness (QED) is 0.215. The second-order valence-corrected chi connectivity index (χ2v) is 10.4. The van der Waals surface area contributed by atoms with Crippen molar-refractivity contribution in [3.63, 3.8) is 0 Å². The van der Waals surface area contributed by atoms with Gasteiger partial charge >= 0.3 is 0 Å². The van der Waals surface area contributed by atoms with Gasteiger partial charge in [0.05, 0.1) is 5.41 Å². The standard InChI is InChI=1S/C37H20N4/c1-39-36-21-26(15-17-41-36)24-11-13-31-30-12-10-23(25-14-16-40-27(18-25)22-38)19-34(30)37(35(31)20-24)32-8-4-2-6-28(32)29-7-3-5-9-33(29)37/h2-21H. The Bertz CT molecular complexity index is 1990. The molecule has 2 aromatic heterocycles. The molecule has 0 fully saturated rings. The first-order valence-corrected chi connectivity index (χ1v) is 13.4. The van der Waals surface area contributed by atoms with Crippen LogP contribution in [0.2, 0.25) is 0 Å². The van der Waals surface area contributed by atoms with Crippen LogP contribution >= 0.6 is 0 Å². The summed E-state index contributed by atoms with van der Waals surface area (Å²) >= 11 is 0. The summed E-state index contributed by atoms with van der Waals surface area (Å²) < 4.78 is 0. The Morgan fingerprint density at radius 2 is 1.07 bits per heavy atom. The molecule has 4 nitrogen and oxygen atoms in total. The van der Waals surface area contributed by atoms with Crippen LogP contribution in [0.25, 0.3) is 49.4 Å². The van der Waals surface area contributed by atoms with Crippen LogP contribution in [-0.2, 0) is 5.41 Å². The van der Waals surface area contributed by atoms with Gasteiger partial charge in [-0.3, -0.25) is 0 Å². The maximum absolute atomic E-state index is 9.49. The topological polar surface area (TPSA) is 53.9 Å². The monoisotopic (exact) mass is 520 g/mol. The summed E-state index contributed by atoms with van der Waals surface area (Å²) in [6.07, 6.45) is 3.40. The second-order valence-electron chi connectivity index (χ2n) is 10.4. The minimum absolute atomic E-state index is 0.385. The Morgan fingerprint density at radius 3 is 1.66 bits per heavy atom. The number of nitrogens with zero attached hydrogens (tertiary/aromatic N) is 4. The SMILES string of the molecule is [C-]#[N+]c1cc(-c2ccc3c(c2)C2(c4ccccc4-c4ccccc42)c2cc(-c4ccnc(C#N)c4)ccc2-3)ccn1. The minimum atomic E-state index is -0.509. The fourth-order valence-electron chi connectivity index (χ4n) is 6.83. The van der Waals surface area contributed by atoms with Gasteiger partial charge in [0, 0.05) is 6.20 Å². The highest BCUT2D eigenvalue weighted by atomic mass is 14.8. The van der Waals surface area contributed by atoms with E-state index in [1.165, 1.54) is 44.5 Å². The van der Waals surface area contributed by atoms with Crippen molar-refractivity contribution in [1.29, 1.82) is 5.26 Å². The molecule has 0 unspecified atom stereocenters. The smallest absolute Gasteiger partial charge is 0.270 e. The van der Waals surface area contributed by atoms with Gasteiger partial charge in [-0.2, -0.15) is 5.26 Å². The number of hydrogen-bond acceptors (Lipinski definition) is 3. The van der Waals surface area contributed by atoms with Crippen LogP contribution in [0.15, 0.2) is 122 Å². The van der Waals surface area contributed by atoms with Gasteiger partial charge < -0.3 is 4.85 Å². The highest BCUT2D eigenvalue weighted by Crippen LogP contribution is 2.63. The second kappa shape index (κ2) is 8.58. The number of aromatic nitrogens is 2. The van der Waals surface area contributed by atoms with Crippen LogP contribution in [-0.4, -0.2) is 9.97 Å².